The molecule has 0 aliphatic carbocycles. The molecule has 0 saturated carbocycles. The summed E-state index contributed by atoms with van der Waals surface area (Å²) in [7, 11) is 0. The largest absolute Gasteiger partial charge is 0.399 e. The van der Waals surface area contributed by atoms with Crippen LogP contribution < -0.4 is 11.1 Å². The van der Waals surface area contributed by atoms with Crippen molar-refractivity contribution in [3.05, 3.63) is 45.8 Å². The van der Waals surface area contributed by atoms with Crippen LogP contribution in [0.1, 0.15) is 26.4 Å². The van der Waals surface area contributed by atoms with Crippen LogP contribution in [0.5, 0.6) is 0 Å². The first-order valence-electron chi connectivity index (χ1n) is 5.70. The second-order valence-corrected chi connectivity index (χ2v) is 5.40. The third kappa shape index (κ3) is 2.59. The minimum atomic E-state index is -0.259. The van der Waals surface area contributed by atoms with Crippen LogP contribution in [0.25, 0.3) is 0 Å². The minimum absolute atomic E-state index is 0.259. The number of nitrogen functional groups attached to an aromatic ring is 1. The molecule has 2 rings (SSSR count). The summed E-state index contributed by atoms with van der Waals surface area (Å²) in [5, 5.41) is 12.5. The molecule has 2 aromatic rings. The molecule has 0 bridgehead atoms. The van der Waals surface area contributed by atoms with Crippen molar-refractivity contribution < 1.29 is 4.79 Å². The number of carbonyl (C=O) groups excluding carboxylic acids is 1. The van der Waals surface area contributed by atoms with E-state index >= 15 is 0 Å². The highest BCUT2D eigenvalue weighted by atomic mass is 32.1. The Morgan fingerprint density at radius 3 is 2.79 bits per heavy atom. The van der Waals surface area contributed by atoms with Crippen molar-refractivity contribution in [1.29, 1.82) is 5.26 Å². The lowest BCUT2D eigenvalue weighted by Gasteiger charge is -2.04. The highest BCUT2D eigenvalue weighted by Crippen LogP contribution is 2.31. The van der Waals surface area contributed by atoms with Crippen LogP contribution in [0, 0.1) is 25.2 Å². The van der Waals surface area contributed by atoms with Crippen molar-refractivity contribution in [1.82, 2.24) is 0 Å². The highest BCUT2D eigenvalue weighted by Gasteiger charge is 2.15. The average molecular weight is 271 g/mol. The summed E-state index contributed by atoms with van der Waals surface area (Å²) < 4.78 is 0. The summed E-state index contributed by atoms with van der Waals surface area (Å²) >= 11 is 1.41. The van der Waals surface area contributed by atoms with Gasteiger partial charge in [0.15, 0.2) is 0 Å². The van der Waals surface area contributed by atoms with Gasteiger partial charge in [0.1, 0.15) is 11.1 Å². The van der Waals surface area contributed by atoms with Crippen molar-refractivity contribution in [3.63, 3.8) is 0 Å². The molecule has 0 unspecified atom stereocenters. The number of amides is 1. The number of thiophene rings is 1. The number of aryl methyl sites for hydroxylation is 1. The molecule has 5 heteroatoms. The van der Waals surface area contributed by atoms with E-state index in [2.05, 4.69) is 11.4 Å². The quantitative estimate of drug-likeness (QED) is 0.824. The zero-order chi connectivity index (χ0) is 14.0. The molecule has 96 valence electrons. The van der Waals surface area contributed by atoms with Gasteiger partial charge in [-0.05, 0) is 37.6 Å². The van der Waals surface area contributed by atoms with Gasteiger partial charge in [-0.3, -0.25) is 4.79 Å². The van der Waals surface area contributed by atoms with Crippen LogP contribution in [0.3, 0.4) is 0 Å². The number of nitrogens with zero attached hydrogens (tertiary/aromatic N) is 1. The molecule has 0 spiro atoms. The fraction of sp³-hybridized carbons (Fsp3) is 0.143. The van der Waals surface area contributed by atoms with Gasteiger partial charge in [0.05, 0.1) is 5.56 Å². The first-order valence-corrected chi connectivity index (χ1v) is 6.51. The van der Waals surface area contributed by atoms with Gasteiger partial charge in [-0.2, -0.15) is 5.26 Å². The van der Waals surface area contributed by atoms with Crippen LogP contribution >= 0.6 is 11.3 Å². The molecule has 1 heterocycles. The first-order chi connectivity index (χ1) is 9.02. The number of nitriles is 1. The fourth-order valence-electron chi connectivity index (χ4n) is 1.70. The van der Waals surface area contributed by atoms with Crippen LogP contribution in [-0.2, 0) is 0 Å². The van der Waals surface area contributed by atoms with Gasteiger partial charge in [0, 0.05) is 16.1 Å². The molecule has 0 radical (unpaired) electrons. The van der Waals surface area contributed by atoms with Gasteiger partial charge in [-0.15, -0.1) is 11.3 Å². The van der Waals surface area contributed by atoms with Crippen molar-refractivity contribution in [3.8, 4) is 6.07 Å². The Balaban J connectivity index is 2.30. The number of anilines is 2. The van der Waals surface area contributed by atoms with Crippen LogP contribution in [-0.4, -0.2) is 5.91 Å². The van der Waals surface area contributed by atoms with E-state index in [-0.39, 0.29) is 5.91 Å². The molecule has 1 aromatic carbocycles. The minimum Gasteiger partial charge on any atom is -0.399 e. The normalized spacial score (nSPS) is 9.95. The number of rotatable bonds is 2. The third-order valence-corrected chi connectivity index (χ3v) is 4.00. The molecule has 0 aliphatic rings. The monoisotopic (exact) mass is 271 g/mol. The molecule has 4 nitrogen and oxygen atoms in total. The number of hydrogen-bond donors (Lipinski definition) is 2. The molecule has 3 N–H and O–H groups in total. The average Bonchev–Trinajstić information content (AvgIpc) is 2.64. The lowest BCUT2D eigenvalue weighted by Crippen LogP contribution is -2.12. The van der Waals surface area contributed by atoms with Crippen molar-refractivity contribution in [2.45, 2.75) is 13.8 Å². The maximum Gasteiger partial charge on any atom is 0.256 e. The van der Waals surface area contributed by atoms with E-state index in [4.69, 9.17) is 11.0 Å². The predicted octanol–water partition coefficient (Wildman–Crippen LogP) is 3.07. The SMILES string of the molecule is Cc1sc(NC(=O)c2cccc(N)c2)c(C#N)c1C. The van der Waals surface area contributed by atoms with E-state index in [1.807, 2.05) is 13.8 Å². The Kier molecular flexibility index (Phi) is 3.54. The van der Waals surface area contributed by atoms with Gasteiger partial charge in [-0.1, -0.05) is 6.07 Å². The van der Waals surface area contributed by atoms with Crippen LogP contribution in [0.4, 0.5) is 10.7 Å². The van der Waals surface area contributed by atoms with Crippen LogP contribution in [0.15, 0.2) is 24.3 Å². The standard InChI is InChI=1S/C14H13N3OS/c1-8-9(2)19-14(12(8)7-15)17-13(18)10-4-3-5-11(16)6-10/h3-6H,16H2,1-2H3,(H,17,18). The van der Waals surface area contributed by atoms with Gasteiger partial charge in [-0.25, -0.2) is 0 Å². The molecule has 0 fully saturated rings. The van der Waals surface area contributed by atoms with Gasteiger partial charge < -0.3 is 11.1 Å². The Morgan fingerprint density at radius 1 is 1.42 bits per heavy atom. The summed E-state index contributed by atoms with van der Waals surface area (Å²) in [5.74, 6) is -0.259. The van der Waals surface area contributed by atoms with Crippen molar-refractivity contribution in [2.24, 2.45) is 0 Å². The Labute approximate surface area is 115 Å². The molecule has 0 saturated heterocycles. The van der Waals surface area contributed by atoms with E-state index in [0.717, 1.165) is 10.4 Å². The second kappa shape index (κ2) is 5.12. The Hall–Kier alpha value is -2.32. The van der Waals surface area contributed by atoms with E-state index in [0.29, 0.717) is 21.8 Å². The van der Waals surface area contributed by atoms with E-state index in [1.54, 1.807) is 24.3 Å². The van der Waals surface area contributed by atoms with E-state index in [9.17, 15) is 4.79 Å². The number of nitrogens with two attached hydrogens (primary N) is 1. The van der Waals surface area contributed by atoms with Crippen molar-refractivity contribution >= 4 is 27.9 Å². The van der Waals surface area contributed by atoms with Gasteiger partial charge in [0.2, 0.25) is 0 Å². The topological polar surface area (TPSA) is 78.9 Å². The summed E-state index contributed by atoms with van der Waals surface area (Å²) in [6.45, 7) is 3.80. The zero-order valence-electron chi connectivity index (χ0n) is 10.7. The predicted molar refractivity (Wildman–Crippen MR) is 77.3 cm³/mol. The third-order valence-electron chi connectivity index (χ3n) is 2.87. The van der Waals surface area contributed by atoms with Crippen LogP contribution in [0.2, 0.25) is 0 Å². The fourth-order valence-corrected chi connectivity index (χ4v) is 2.71. The lowest BCUT2D eigenvalue weighted by molar-refractivity contribution is 0.102. The summed E-state index contributed by atoms with van der Waals surface area (Å²) in [6.07, 6.45) is 0. The second-order valence-electron chi connectivity index (χ2n) is 4.18. The molecule has 0 atom stereocenters. The zero-order valence-corrected chi connectivity index (χ0v) is 11.5. The molecule has 1 aromatic heterocycles. The summed E-state index contributed by atoms with van der Waals surface area (Å²) in [4.78, 5) is 13.1. The van der Waals surface area contributed by atoms with Gasteiger partial charge in [0.25, 0.3) is 5.91 Å². The number of carbonyl (C=O) groups is 1. The van der Waals surface area contributed by atoms with Gasteiger partial charge >= 0.3 is 0 Å². The molecule has 19 heavy (non-hydrogen) atoms. The first kappa shape index (κ1) is 13.1. The van der Waals surface area contributed by atoms with E-state index in [1.165, 1.54) is 11.3 Å². The lowest BCUT2D eigenvalue weighted by atomic mass is 10.1. The van der Waals surface area contributed by atoms with Crippen molar-refractivity contribution in [2.75, 3.05) is 11.1 Å². The smallest absolute Gasteiger partial charge is 0.256 e. The molecule has 0 aliphatic heterocycles. The maximum atomic E-state index is 12.1. The molecular weight excluding hydrogens is 258 g/mol. The molecule has 1 amide bonds. The number of benzene rings is 1. The molecular formula is C14H13N3OS. The van der Waals surface area contributed by atoms with E-state index < -0.39 is 0 Å². The Bertz CT molecular complexity index is 682. The Morgan fingerprint density at radius 2 is 2.16 bits per heavy atom. The summed E-state index contributed by atoms with van der Waals surface area (Å²) in [6, 6.07) is 8.86. The summed E-state index contributed by atoms with van der Waals surface area (Å²) in [5.41, 5.74) is 8.10. The maximum absolute atomic E-state index is 12.1. The number of nitrogens with one attached hydrogen (secondary N) is 1. The highest BCUT2D eigenvalue weighted by molar-refractivity contribution is 7.16. The number of hydrogen-bond acceptors (Lipinski definition) is 4.